The predicted molar refractivity (Wildman–Crippen MR) is 101 cm³/mol. The molecule has 0 unspecified atom stereocenters. The minimum absolute atomic E-state index is 0.138. The standard InChI is InChI=1S/C20H20F3N3O2/c21-20(22,23)14-4-5-19-16(12-14)24-13-15-17(2-1-3-18(15)28-19)26-8-6-25(7-9-26)10-11-27/h1-5,12-13,27H,6-11H2. The van der Waals surface area contributed by atoms with Crippen LogP contribution in [0.25, 0.3) is 0 Å². The largest absolute Gasteiger partial charge is 0.454 e. The molecule has 2 aliphatic heterocycles. The summed E-state index contributed by atoms with van der Waals surface area (Å²) < 4.78 is 44.9. The normalized spacial score (nSPS) is 16.9. The lowest BCUT2D eigenvalue weighted by Gasteiger charge is -2.36. The van der Waals surface area contributed by atoms with E-state index in [-0.39, 0.29) is 12.3 Å². The SMILES string of the molecule is OCCN1CCN(c2cccc3c2C=Nc2cc(C(F)(F)F)ccc2O3)CC1. The average Bonchev–Trinajstić information content (AvgIpc) is 2.86. The van der Waals surface area contributed by atoms with Gasteiger partial charge in [-0.2, -0.15) is 13.2 Å². The Morgan fingerprint density at radius 1 is 1.04 bits per heavy atom. The number of hydrogen-bond donors (Lipinski definition) is 1. The molecular weight excluding hydrogens is 371 g/mol. The van der Waals surface area contributed by atoms with E-state index in [1.807, 2.05) is 12.1 Å². The van der Waals surface area contributed by atoms with Crippen LogP contribution in [0.1, 0.15) is 11.1 Å². The van der Waals surface area contributed by atoms with Crippen LogP contribution in [0.5, 0.6) is 11.5 Å². The van der Waals surface area contributed by atoms with Crippen molar-refractivity contribution in [2.45, 2.75) is 6.18 Å². The molecule has 5 nitrogen and oxygen atoms in total. The quantitative estimate of drug-likeness (QED) is 0.740. The van der Waals surface area contributed by atoms with E-state index in [1.165, 1.54) is 6.07 Å². The second-order valence-electron chi connectivity index (χ2n) is 6.78. The van der Waals surface area contributed by atoms with Crippen LogP contribution in [0.2, 0.25) is 0 Å². The Bertz CT molecular complexity index is 891. The summed E-state index contributed by atoms with van der Waals surface area (Å²) in [7, 11) is 0. The van der Waals surface area contributed by atoms with Crippen molar-refractivity contribution in [3.63, 3.8) is 0 Å². The van der Waals surface area contributed by atoms with Gasteiger partial charge in [0.1, 0.15) is 11.4 Å². The van der Waals surface area contributed by atoms with E-state index in [9.17, 15) is 13.2 Å². The number of piperazine rings is 1. The van der Waals surface area contributed by atoms with Gasteiger partial charge in [0.05, 0.1) is 17.7 Å². The Hall–Kier alpha value is -2.58. The van der Waals surface area contributed by atoms with E-state index >= 15 is 0 Å². The third-order valence-corrected chi connectivity index (χ3v) is 5.01. The van der Waals surface area contributed by atoms with Gasteiger partial charge in [0.2, 0.25) is 0 Å². The fraction of sp³-hybridized carbons (Fsp3) is 0.350. The molecule has 8 heteroatoms. The van der Waals surface area contributed by atoms with E-state index in [2.05, 4.69) is 14.8 Å². The van der Waals surface area contributed by atoms with Gasteiger partial charge in [0.25, 0.3) is 0 Å². The number of benzene rings is 2. The molecule has 1 N–H and O–H groups in total. The first-order valence-corrected chi connectivity index (χ1v) is 9.10. The number of aliphatic hydroxyl groups excluding tert-OH is 1. The van der Waals surface area contributed by atoms with Crippen LogP contribution in [0.15, 0.2) is 41.4 Å². The van der Waals surface area contributed by atoms with Gasteiger partial charge in [0, 0.05) is 44.6 Å². The first-order valence-electron chi connectivity index (χ1n) is 9.10. The number of hydrogen-bond acceptors (Lipinski definition) is 5. The molecule has 0 aromatic heterocycles. The number of alkyl halides is 3. The third kappa shape index (κ3) is 3.70. The molecular formula is C20H20F3N3O2. The summed E-state index contributed by atoms with van der Waals surface area (Å²) in [4.78, 5) is 8.68. The van der Waals surface area contributed by atoms with Gasteiger partial charge >= 0.3 is 6.18 Å². The maximum absolute atomic E-state index is 13.0. The van der Waals surface area contributed by atoms with Gasteiger partial charge in [-0.1, -0.05) is 6.07 Å². The molecule has 4 rings (SSSR count). The van der Waals surface area contributed by atoms with E-state index in [0.717, 1.165) is 49.6 Å². The maximum Gasteiger partial charge on any atom is 0.416 e. The third-order valence-electron chi connectivity index (χ3n) is 5.01. The highest BCUT2D eigenvalue weighted by atomic mass is 19.4. The Balaban J connectivity index is 1.63. The number of ether oxygens (including phenoxy) is 1. The lowest BCUT2D eigenvalue weighted by Crippen LogP contribution is -2.47. The monoisotopic (exact) mass is 391 g/mol. The molecule has 2 aromatic carbocycles. The van der Waals surface area contributed by atoms with Crippen molar-refractivity contribution in [1.29, 1.82) is 0 Å². The fourth-order valence-electron chi connectivity index (χ4n) is 3.51. The van der Waals surface area contributed by atoms with Crippen LogP contribution < -0.4 is 9.64 Å². The average molecular weight is 391 g/mol. The van der Waals surface area contributed by atoms with Crippen molar-refractivity contribution < 1.29 is 23.0 Å². The highest BCUT2D eigenvalue weighted by molar-refractivity contribution is 5.94. The zero-order chi connectivity index (χ0) is 19.7. The number of rotatable bonds is 3. The Morgan fingerprint density at radius 2 is 1.82 bits per heavy atom. The van der Waals surface area contributed by atoms with Crippen LogP contribution in [0.4, 0.5) is 24.5 Å². The van der Waals surface area contributed by atoms with Crippen molar-refractivity contribution in [2.24, 2.45) is 4.99 Å². The van der Waals surface area contributed by atoms with Gasteiger partial charge in [-0.15, -0.1) is 0 Å². The molecule has 0 spiro atoms. The summed E-state index contributed by atoms with van der Waals surface area (Å²) >= 11 is 0. The zero-order valence-corrected chi connectivity index (χ0v) is 15.1. The van der Waals surface area contributed by atoms with Crippen LogP contribution in [0.3, 0.4) is 0 Å². The van der Waals surface area contributed by atoms with Crippen LogP contribution in [-0.4, -0.2) is 55.6 Å². The predicted octanol–water partition coefficient (Wildman–Crippen LogP) is 3.68. The Morgan fingerprint density at radius 3 is 2.54 bits per heavy atom. The minimum Gasteiger partial charge on any atom is -0.454 e. The number of anilines is 1. The number of halogens is 3. The van der Waals surface area contributed by atoms with Crippen molar-refractivity contribution in [3.8, 4) is 11.5 Å². The van der Waals surface area contributed by atoms with Crippen LogP contribution >= 0.6 is 0 Å². The maximum atomic E-state index is 13.0. The van der Waals surface area contributed by atoms with Gasteiger partial charge < -0.3 is 14.7 Å². The van der Waals surface area contributed by atoms with E-state index < -0.39 is 11.7 Å². The molecule has 0 radical (unpaired) electrons. The van der Waals surface area contributed by atoms with Crippen molar-refractivity contribution in [1.82, 2.24) is 4.90 Å². The minimum atomic E-state index is -4.43. The summed E-state index contributed by atoms with van der Waals surface area (Å²) in [5.74, 6) is 0.866. The highest BCUT2D eigenvalue weighted by Gasteiger charge is 2.31. The van der Waals surface area contributed by atoms with Crippen LogP contribution in [0, 0.1) is 0 Å². The number of aliphatic imine (C=N–C) groups is 1. The summed E-state index contributed by atoms with van der Waals surface area (Å²) in [6, 6.07) is 8.95. The molecule has 0 aliphatic carbocycles. The number of β-amino-alcohol motifs (C(OH)–C–C–N with tert-alkyl or cyclic N) is 1. The van der Waals surface area contributed by atoms with Gasteiger partial charge in [-0.05, 0) is 30.3 Å². The first kappa shape index (κ1) is 18.8. The molecule has 0 saturated carbocycles. The zero-order valence-electron chi connectivity index (χ0n) is 15.1. The Labute approximate surface area is 160 Å². The second-order valence-corrected chi connectivity index (χ2v) is 6.78. The highest BCUT2D eigenvalue weighted by Crippen LogP contribution is 2.42. The molecule has 28 heavy (non-hydrogen) atoms. The first-order chi connectivity index (χ1) is 13.5. The molecule has 0 bridgehead atoms. The molecule has 148 valence electrons. The lowest BCUT2D eigenvalue weighted by atomic mass is 10.1. The van der Waals surface area contributed by atoms with Crippen molar-refractivity contribution in [3.05, 3.63) is 47.5 Å². The van der Waals surface area contributed by atoms with E-state index in [4.69, 9.17) is 9.84 Å². The number of aliphatic hydroxyl groups is 1. The molecule has 1 saturated heterocycles. The van der Waals surface area contributed by atoms with Crippen LogP contribution in [-0.2, 0) is 6.18 Å². The summed E-state index contributed by atoms with van der Waals surface area (Å²) in [6.45, 7) is 4.03. The molecule has 2 heterocycles. The van der Waals surface area contributed by atoms with Gasteiger partial charge in [-0.3, -0.25) is 9.89 Å². The summed E-state index contributed by atoms with van der Waals surface area (Å²) in [5, 5.41) is 9.09. The van der Waals surface area contributed by atoms with Gasteiger partial charge in [-0.25, -0.2) is 0 Å². The topological polar surface area (TPSA) is 48.3 Å². The lowest BCUT2D eigenvalue weighted by molar-refractivity contribution is -0.137. The fourth-order valence-corrected chi connectivity index (χ4v) is 3.51. The molecule has 0 amide bonds. The molecule has 0 atom stereocenters. The number of fused-ring (bicyclic) bond motifs is 2. The van der Waals surface area contributed by atoms with Gasteiger partial charge in [0.15, 0.2) is 5.75 Å². The van der Waals surface area contributed by atoms with E-state index in [0.29, 0.717) is 18.0 Å². The summed E-state index contributed by atoms with van der Waals surface area (Å²) in [6.07, 6.45) is -2.85. The Kier molecular flexibility index (Phi) is 4.99. The molecule has 1 fully saturated rings. The second kappa shape index (κ2) is 7.44. The van der Waals surface area contributed by atoms with Crippen molar-refractivity contribution in [2.75, 3.05) is 44.2 Å². The smallest absolute Gasteiger partial charge is 0.416 e. The molecule has 2 aliphatic rings. The summed E-state index contributed by atoms with van der Waals surface area (Å²) in [5.41, 5.74) is 1.10. The van der Waals surface area contributed by atoms with E-state index in [1.54, 1.807) is 12.3 Å². The van der Waals surface area contributed by atoms with Crippen molar-refractivity contribution >= 4 is 17.6 Å². The number of nitrogens with zero attached hydrogens (tertiary/aromatic N) is 3. The molecule has 2 aromatic rings.